The van der Waals surface area contributed by atoms with E-state index < -0.39 is 6.61 Å². The minimum absolute atomic E-state index is 0.0350. The normalized spacial score (nSPS) is 21.8. The summed E-state index contributed by atoms with van der Waals surface area (Å²) < 4.78 is 28.4. The van der Waals surface area contributed by atoms with Crippen LogP contribution in [0.3, 0.4) is 0 Å². The number of anilines is 1. The molecule has 2 unspecified atom stereocenters. The molecule has 1 aromatic carbocycles. The number of hydrogen-bond donors (Lipinski definition) is 2. The number of nitrogens with one attached hydrogen (secondary N) is 1. The van der Waals surface area contributed by atoms with Gasteiger partial charge in [-0.2, -0.15) is 8.78 Å². The van der Waals surface area contributed by atoms with Crippen LogP contribution in [0.4, 0.5) is 19.3 Å². The molecule has 0 spiro atoms. The quantitative estimate of drug-likeness (QED) is 0.898. The van der Waals surface area contributed by atoms with Gasteiger partial charge in [-0.1, -0.05) is 6.92 Å². The number of amides is 2. The van der Waals surface area contributed by atoms with Gasteiger partial charge in [-0.25, -0.2) is 4.79 Å². The van der Waals surface area contributed by atoms with Crippen LogP contribution in [0.1, 0.15) is 19.8 Å². The number of ether oxygens (including phenoxy) is 1. The van der Waals surface area contributed by atoms with E-state index in [-0.39, 0.29) is 30.3 Å². The molecule has 2 rings (SSSR count). The lowest BCUT2D eigenvalue weighted by Gasteiger charge is -2.38. The maximum Gasteiger partial charge on any atom is 0.387 e. The number of alkyl halides is 2. The van der Waals surface area contributed by atoms with Crippen LogP contribution in [0.25, 0.3) is 0 Å². The van der Waals surface area contributed by atoms with Crippen LogP contribution in [0.5, 0.6) is 5.75 Å². The number of aliphatic hydroxyl groups excluding tert-OH is 1. The molecule has 122 valence electrons. The first-order valence-corrected chi connectivity index (χ1v) is 7.24. The summed E-state index contributed by atoms with van der Waals surface area (Å²) in [4.78, 5) is 13.9. The molecule has 2 amide bonds. The molecular formula is C15H20F2N2O3. The molecule has 0 aliphatic carbocycles. The number of piperidine rings is 1. The summed E-state index contributed by atoms with van der Waals surface area (Å²) in [5.41, 5.74) is 0.488. The zero-order chi connectivity index (χ0) is 16.1. The number of nitrogens with zero attached hydrogens (tertiary/aromatic N) is 1. The lowest BCUT2D eigenvalue weighted by atomic mass is 9.91. The van der Waals surface area contributed by atoms with Crippen molar-refractivity contribution in [3.63, 3.8) is 0 Å². The van der Waals surface area contributed by atoms with Gasteiger partial charge in [0.2, 0.25) is 0 Å². The smallest absolute Gasteiger partial charge is 0.387 e. The Bertz CT molecular complexity index is 496. The fraction of sp³-hybridized carbons (Fsp3) is 0.533. The Labute approximate surface area is 127 Å². The van der Waals surface area contributed by atoms with E-state index in [1.165, 1.54) is 24.3 Å². The summed E-state index contributed by atoms with van der Waals surface area (Å²) >= 11 is 0. The van der Waals surface area contributed by atoms with Gasteiger partial charge in [0, 0.05) is 12.2 Å². The molecule has 0 aromatic heterocycles. The second kappa shape index (κ2) is 7.40. The van der Waals surface area contributed by atoms with E-state index in [2.05, 4.69) is 10.1 Å². The van der Waals surface area contributed by atoms with Gasteiger partial charge in [0.25, 0.3) is 0 Å². The Hall–Kier alpha value is -1.89. The molecule has 2 N–H and O–H groups in total. The molecule has 1 aliphatic rings. The number of hydrogen-bond acceptors (Lipinski definition) is 3. The summed E-state index contributed by atoms with van der Waals surface area (Å²) in [5.74, 6) is 0.277. The number of aliphatic hydroxyl groups is 1. The van der Waals surface area contributed by atoms with Gasteiger partial charge in [-0.15, -0.1) is 0 Å². The Balaban J connectivity index is 1.98. The maximum atomic E-state index is 12.3. The third kappa shape index (κ3) is 4.07. The predicted octanol–water partition coefficient (Wildman–Crippen LogP) is 2.91. The topological polar surface area (TPSA) is 61.8 Å². The molecule has 0 bridgehead atoms. The van der Waals surface area contributed by atoms with Crippen LogP contribution in [-0.4, -0.2) is 41.8 Å². The van der Waals surface area contributed by atoms with Crippen LogP contribution >= 0.6 is 0 Å². The number of carbonyl (C=O) groups excluding carboxylic acids is 1. The van der Waals surface area contributed by atoms with E-state index >= 15 is 0 Å². The lowest BCUT2D eigenvalue weighted by molar-refractivity contribution is -0.0498. The van der Waals surface area contributed by atoms with E-state index in [4.69, 9.17) is 0 Å². The van der Waals surface area contributed by atoms with E-state index in [1.807, 2.05) is 6.92 Å². The van der Waals surface area contributed by atoms with Crippen LogP contribution < -0.4 is 10.1 Å². The first-order chi connectivity index (χ1) is 10.5. The van der Waals surface area contributed by atoms with Gasteiger partial charge >= 0.3 is 12.6 Å². The standard InChI is InChI=1S/C15H20F2N2O3/c1-10-3-2-8-19(13(10)9-20)15(21)18-11-4-6-12(7-5-11)22-14(16)17/h4-7,10,13-14,20H,2-3,8-9H2,1H3,(H,18,21). The van der Waals surface area contributed by atoms with Crippen molar-refractivity contribution in [1.82, 2.24) is 4.90 Å². The highest BCUT2D eigenvalue weighted by molar-refractivity contribution is 5.89. The van der Waals surface area contributed by atoms with Crippen molar-refractivity contribution in [3.8, 4) is 5.75 Å². The van der Waals surface area contributed by atoms with E-state index in [9.17, 15) is 18.7 Å². The van der Waals surface area contributed by atoms with Crippen molar-refractivity contribution in [2.24, 2.45) is 5.92 Å². The first-order valence-electron chi connectivity index (χ1n) is 7.24. The average Bonchev–Trinajstić information content (AvgIpc) is 2.48. The predicted molar refractivity (Wildman–Crippen MR) is 78.1 cm³/mol. The summed E-state index contributed by atoms with van der Waals surface area (Å²) in [6, 6.07) is 5.23. The van der Waals surface area contributed by atoms with Gasteiger partial charge in [0.15, 0.2) is 0 Å². The number of benzene rings is 1. The number of halogens is 2. The molecular weight excluding hydrogens is 294 g/mol. The van der Waals surface area contributed by atoms with Crippen molar-refractivity contribution < 1.29 is 23.4 Å². The number of carbonyl (C=O) groups is 1. The molecule has 1 heterocycles. The van der Waals surface area contributed by atoms with Gasteiger partial charge in [0.1, 0.15) is 5.75 Å². The molecule has 1 fully saturated rings. The van der Waals surface area contributed by atoms with Crippen molar-refractivity contribution in [1.29, 1.82) is 0 Å². The maximum absolute atomic E-state index is 12.3. The highest BCUT2D eigenvalue weighted by Crippen LogP contribution is 2.24. The van der Waals surface area contributed by atoms with E-state index in [0.717, 1.165) is 12.8 Å². The fourth-order valence-corrected chi connectivity index (χ4v) is 2.69. The first kappa shape index (κ1) is 16.5. The molecule has 7 heteroatoms. The zero-order valence-electron chi connectivity index (χ0n) is 12.3. The molecule has 2 atom stereocenters. The fourth-order valence-electron chi connectivity index (χ4n) is 2.69. The Kier molecular flexibility index (Phi) is 5.54. The Morgan fingerprint density at radius 1 is 1.45 bits per heavy atom. The molecule has 0 saturated carbocycles. The SMILES string of the molecule is CC1CCCN(C(=O)Nc2ccc(OC(F)F)cc2)C1CO. The molecule has 1 aliphatic heterocycles. The van der Waals surface area contributed by atoms with Crippen LogP contribution in [0.2, 0.25) is 0 Å². The number of rotatable bonds is 4. The number of likely N-dealkylation sites (tertiary alicyclic amines) is 1. The third-order valence-electron chi connectivity index (χ3n) is 3.89. The molecule has 22 heavy (non-hydrogen) atoms. The van der Waals surface area contributed by atoms with E-state index in [0.29, 0.717) is 12.2 Å². The zero-order valence-corrected chi connectivity index (χ0v) is 12.3. The van der Waals surface area contributed by atoms with Crippen LogP contribution in [0, 0.1) is 5.92 Å². The summed E-state index contributed by atoms with van der Waals surface area (Å²) in [6.45, 7) is -0.346. The molecule has 5 nitrogen and oxygen atoms in total. The monoisotopic (exact) mass is 314 g/mol. The highest BCUT2D eigenvalue weighted by atomic mass is 19.3. The molecule has 1 saturated heterocycles. The van der Waals surface area contributed by atoms with Crippen molar-refractivity contribution >= 4 is 11.7 Å². The van der Waals surface area contributed by atoms with Crippen molar-refractivity contribution in [2.75, 3.05) is 18.5 Å². The molecule has 0 radical (unpaired) electrons. The Morgan fingerprint density at radius 3 is 2.73 bits per heavy atom. The third-order valence-corrected chi connectivity index (χ3v) is 3.89. The largest absolute Gasteiger partial charge is 0.435 e. The van der Waals surface area contributed by atoms with Crippen LogP contribution in [-0.2, 0) is 0 Å². The lowest BCUT2D eigenvalue weighted by Crippen LogP contribution is -2.51. The van der Waals surface area contributed by atoms with Gasteiger partial charge < -0.3 is 20.1 Å². The summed E-state index contributed by atoms with van der Waals surface area (Å²) in [6.07, 6.45) is 1.88. The minimum atomic E-state index is -2.87. The second-order valence-electron chi connectivity index (χ2n) is 5.40. The second-order valence-corrected chi connectivity index (χ2v) is 5.40. The van der Waals surface area contributed by atoms with Crippen molar-refractivity contribution in [2.45, 2.75) is 32.4 Å². The number of urea groups is 1. The van der Waals surface area contributed by atoms with Crippen molar-refractivity contribution in [3.05, 3.63) is 24.3 Å². The summed E-state index contributed by atoms with van der Waals surface area (Å²) in [7, 11) is 0. The summed E-state index contributed by atoms with van der Waals surface area (Å²) in [5, 5.41) is 12.2. The van der Waals surface area contributed by atoms with Gasteiger partial charge in [-0.3, -0.25) is 0 Å². The van der Waals surface area contributed by atoms with Gasteiger partial charge in [0.05, 0.1) is 12.6 Å². The highest BCUT2D eigenvalue weighted by Gasteiger charge is 2.31. The van der Waals surface area contributed by atoms with Crippen LogP contribution in [0.15, 0.2) is 24.3 Å². The Morgan fingerprint density at radius 2 is 2.14 bits per heavy atom. The van der Waals surface area contributed by atoms with E-state index in [1.54, 1.807) is 4.90 Å². The average molecular weight is 314 g/mol. The van der Waals surface area contributed by atoms with Gasteiger partial charge in [-0.05, 0) is 43.0 Å². The molecule has 1 aromatic rings. The minimum Gasteiger partial charge on any atom is -0.435 e.